The van der Waals surface area contributed by atoms with Gasteiger partial charge in [-0.15, -0.1) is 24.8 Å². The van der Waals surface area contributed by atoms with Gasteiger partial charge < -0.3 is 9.73 Å². The highest BCUT2D eigenvalue weighted by atomic mass is 35.5. The van der Waals surface area contributed by atoms with Crippen molar-refractivity contribution in [1.29, 1.82) is 0 Å². The summed E-state index contributed by atoms with van der Waals surface area (Å²) >= 11 is 0. The van der Waals surface area contributed by atoms with Crippen LogP contribution in [0.2, 0.25) is 0 Å². The molecule has 0 saturated carbocycles. The largest absolute Gasteiger partial charge is 0.422 e. The molecule has 1 spiro atoms. The van der Waals surface area contributed by atoms with Gasteiger partial charge in [0.1, 0.15) is 5.58 Å². The second-order valence-corrected chi connectivity index (χ2v) is 7.79. The average Bonchev–Trinajstić information content (AvgIpc) is 2.96. The molecule has 2 aliphatic rings. The Morgan fingerprint density at radius 3 is 2.73 bits per heavy atom. The highest BCUT2D eigenvalue weighted by Crippen LogP contribution is 2.36. The number of nitrogens with one attached hydrogen (secondary N) is 1. The molecule has 144 valence electrons. The molecule has 4 rings (SSSR count). The van der Waals surface area contributed by atoms with E-state index in [1.807, 2.05) is 6.92 Å². The van der Waals surface area contributed by atoms with Crippen LogP contribution in [0.15, 0.2) is 27.4 Å². The van der Waals surface area contributed by atoms with E-state index < -0.39 is 0 Å². The maximum Gasteiger partial charge on any atom is 0.336 e. The van der Waals surface area contributed by atoms with Crippen LogP contribution in [0.5, 0.6) is 0 Å². The van der Waals surface area contributed by atoms with Crippen molar-refractivity contribution in [3.63, 3.8) is 0 Å². The first-order valence-corrected chi connectivity index (χ1v) is 9.02. The Morgan fingerprint density at radius 2 is 2.00 bits per heavy atom. The maximum absolute atomic E-state index is 12.0. The van der Waals surface area contributed by atoms with Gasteiger partial charge >= 0.3 is 5.63 Å². The molecule has 2 saturated heterocycles. The first-order valence-electron chi connectivity index (χ1n) is 9.02. The monoisotopic (exact) mass is 398 g/mol. The number of hydrogen-bond acceptors (Lipinski definition) is 4. The summed E-state index contributed by atoms with van der Waals surface area (Å²) in [5.74, 6) is 0. The van der Waals surface area contributed by atoms with Crippen molar-refractivity contribution in [3.05, 3.63) is 45.3 Å². The van der Waals surface area contributed by atoms with Gasteiger partial charge in [-0.2, -0.15) is 0 Å². The van der Waals surface area contributed by atoms with Gasteiger partial charge in [-0.3, -0.25) is 4.90 Å². The fourth-order valence-corrected chi connectivity index (χ4v) is 4.64. The van der Waals surface area contributed by atoms with E-state index in [1.165, 1.54) is 24.8 Å². The summed E-state index contributed by atoms with van der Waals surface area (Å²) in [6.07, 6.45) is 3.85. The van der Waals surface area contributed by atoms with Crippen LogP contribution in [0.3, 0.4) is 0 Å². The number of halogens is 2. The molecular formula is C20H28Cl2N2O2. The number of rotatable bonds is 2. The SMILES string of the molecule is Cc1cc(C)c2oc(=O)cc(CN3CCCC4(CCNC4)C3)c2c1.Cl.Cl. The molecule has 2 aromatic rings. The molecule has 0 aliphatic carbocycles. The highest BCUT2D eigenvalue weighted by Gasteiger charge is 2.37. The van der Waals surface area contributed by atoms with Gasteiger partial charge in [0, 0.05) is 31.1 Å². The average molecular weight is 399 g/mol. The summed E-state index contributed by atoms with van der Waals surface area (Å²) in [6, 6.07) is 5.92. The zero-order chi connectivity index (χ0) is 16.7. The topological polar surface area (TPSA) is 45.5 Å². The Bertz CT molecular complexity index is 828. The van der Waals surface area contributed by atoms with Crippen molar-refractivity contribution in [2.75, 3.05) is 26.2 Å². The Kier molecular flexibility index (Phi) is 6.78. The van der Waals surface area contributed by atoms with Crippen LogP contribution in [-0.2, 0) is 6.54 Å². The lowest BCUT2D eigenvalue weighted by molar-refractivity contribution is 0.0980. The van der Waals surface area contributed by atoms with Crippen LogP contribution < -0.4 is 10.9 Å². The predicted molar refractivity (Wildman–Crippen MR) is 111 cm³/mol. The van der Waals surface area contributed by atoms with E-state index in [2.05, 4.69) is 29.3 Å². The van der Waals surface area contributed by atoms with Crippen molar-refractivity contribution in [1.82, 2.24) is 10.2 Å². The van der Waals surface area contributed by atoms with Crippen LogP contribution in [0.25, 0.3) is 11.0 Å². The van der Waals surface area contributed by atoms with Crippen LogP contribution in [0.1, 0.15) is 36.0 Å². The molecular weight excluding hydrogens is 371 g/mol. The van der Waals surface area contributed by atoms with Crippen molar-refractivity contribution < 1.29 is 4.42 Å². The zero-order valence-corrected chi connectivity index (χ0v) is 17.1. The van der Waals surface area contributed by atoms with Crippen LogP contribution >= 0.6 is 24.8 Å². The molecule has 2 aliphatic heterocycles. The molecule has 1 N–H and O–H groups in total. The van der Waals surface area contributed by atoms with Gasteiger partial charge in [0.15, 0.2) is 0 Å². The summed E-state index contributed by atoms with van der Waals surface area (Å²) in [4.78, 5) is 14.6. The summed E-state index contributed by atoms with van der Waals surface area (Å²) in [7, 11) is 0. The second kappa shape index (κ2) is 8.30. The molecule has 2 fully saturated rings. The van der Waals surface area contributed by atoms with Crippen LogP contribution in [0, 0.1) is 19.3 Å². The highest BCUT2D eigenvalue weighted by molar-refractivity contribution is 5.85. The maximum atomic E-state index is 12.0. The summed E-state index contributed by atoms with van der Waals surface area (Å²) in [5.41, 5.74) is 4.32. The lowest BCUT2D eigenvalue weighted by Crippen LogP contribution is -2.44. The fourth-order valence-electron chi connectivity index (χ4n) is 4.64. The molecule has 26 heavy (non-hydrogen) atoms. The molecule has 1 aromatic heterocycles. The zero-order valence-electron chi connectivity index (χ0n) is 15.5. The van der Waals surface area contributed by atoms with E-state index in [1.54, 1.807) is 6.07 Å². The van der Waals surface area contributed by atoms with Gasteiger partial charge in [0.2, 0.25) is 0 Å². The van der Waals surface area contributed by atoms with E-state index in [9.17, 15) is 4.79 Å². The second-order valence-electron chi connectivity index (χ2n) is 7.79. The molecule has 6 heteroatoms. The number of nitrogens with zero attached hydrogens (tertiary/aromatic N) is 1. The van der Waals surface area contributed by atoms with E-state index in [-0.39, 0.29) is 30.4 Å². The lowest BCUT2D eigenvalue weighted by atomic mass is 9.79. The third-order valence-electron chi connectivity index (χ3n) is 5.73. The summed E-state index contributed by atoms with van der Waals surface area (Å²) < 4.78 is 5.49. The number of likely N-dealkylation sites (tertiary alicyclic amines) is 1. The van der Waals surface area contributed by atoms with Crippen molar-refractivity contribution in [3.8, 4) is 0 Å². The number of piperidine rings is 1. The summed E-state index contributed by atoms with van der Waals surface area (Å²) in [6.45, 7) is 9.49. The van der Waals surface area contributed by atoms with Crippen LogP contribution in [-0.4, -0.2) is 31.1 Å². The lowest BCUT2D eigenvalue weighted by Gasteiger charge is -2.40. The predicted octanol–water partition coefficient (Wildman–Crippen LogP) is 3.83. The Labute approximate surface area is 167 Å². The van der Waals surface area contributed by atoms with E-state index in [0.29, 0.717) is 5.41 Å². The quantitative estimate of drug-likeness (QED) is 0.780. The Balaban J connectivity index is 0.00000121. The van der Waals surface area contributed by atoms with Gasteiger partial charge in [-0.1, -0.05) is 6.07 Å². The molecule has 3 heterocycles. The molecule has 1 unspecified atom stereocenters. The molecule has 0 radical (unpaired) electrons. The van der Waals surface area contributed by atoms with E-state index >= 15 is 0 Å². The minimum absolute atomic E-state index is 0. The number of benzene rings is 1. The Morgan fingerprint density at radius 1 is 1.19 bits per heavy atom. The van der Waals surface area contributed by atoms with Gasteiger partial charge in [-0.05, 0) is 74.4 Å². The van der Waals surface area contributed by atoms with Crippen molar-refractivity contribution in [2.24, 2.45) is 5.41 Å². The van der Waals surface area contributed by atoms with Gasteiger partial charge in [-0.25, -0.2) is 4.79 Å². The third kappa shape index (κ3) is 4.09. The summed E-state index contributed by atoms with van der Waals surface area (Å²) in [5, 5.41) is 4.62. The Hall–Kier alpha value is -1.07. The third-order valence-corrected chi connectivity index (χ3v) is 5.73. The van der Waals surface area contributed by atoms with Crippen molar-refractivity contribution >= 4 is 35.8 Å². The standard InChI is InChI=1S/C20H26N2O2.2ClH/c1-14-8-15(2)19-17(9-14)16(10-18(23)24-19)11-22-7-3-4-20(13-22)5-6-21-12-20;;/h8-10,21H,3-7,11-13H2,1-2H3;2*1H. The minimum Gasteiger partial charge on any atom is -0.422 e. The normalized spacial score (nSPS) is 23.0. The molecule has 0 amide bonds. The first kappa shape index (κ1) is 21.2. The molecule has 4 nitrogen and oxygen atoms in total. The molecule has 0 bridgehead atoms. The van der Waals surface area contributed by atoms with Crippen LogP contribution in [0.4, 0.5) is 0 Å². The fraction of sp³-hybridized carbons (Fsp3) is 0.550. The number of fused-ring (bicyclic) bond motifs is 1. The minimum atomic E-state index is -0.237. The smallest absolute Gasteiger partial charge is 0.336 e. The van der Waals surface area contributed by atoms with Gasteiger partial charge in [0.05, 0.1) is 0 Å². The number of aryl methyl sites for hydroxylation is 2. The van der Waals surface area contributed by atoms with Crippen molar-refractivity contribution in [2.45, 2.75) is 39.7 Å². The van der Waals surface area contributed by atoms with E-state index in [0.717, 1.165) is 54.8 Å². The number of hydrogen-bond donors (Lipinski definition) is 1. The molecule has 1 atom stereocenters. The van der Waals surface area contributed by atoms with Gasteiger partial charge in [0.25, 0.3) is 0 Å². The first-order chi connectivity index (χ1) is 11.5. The molecule has 1 aromatic carbocycles. The van der Waals surface area contributed by atoms with E-state index in [4.69, 9.17) is 4.42 Å².